The van der Waals surface area contributed by atoms with Crippen molar-refractivity contribution in [3.05, 3.63) is 59.1 Å². The van der Waals surface area contributed by atoms with Gasteiger partial charge in [-0.2, -0.15) is 13.2 Å². The Morgan fingerprint density at radius 2 is 1.59 bits per heavy atom. The molecule has 0 aromatic heterocycles. The van der Waals surface area contributed by atoms with E-state index in [1.165, 1.54) is 0 Å². The molecule has 0 atom stereocenters. The van der Waals surface area contributed by atoms with E-state index in [2.05, 4.69) is 5.32 Å². The number of hydrogen-bond donors (Lipinski definition) is 2. The van der Waals surface area contributed by atoms with Gasteiger partial charge in [-0.3, -0.25) is 9.59 Å². The van der Waals surface area contributed by atoms with Crippen LogP contribution in [0.2, 0.25) is 5.02 Å². The number of amides is 2. The molecule has 2 aromatic rings. The Hall–Kier alpha value is -2.74. The van der Waals surface area contributed by atoms with Crippen LogP contribution >= 0.6 is 11.6 Å². The Morgan fingerprint density at radius 3 is 2.14 bits per heavy atom. The van der Waals surface area contributed by atoms with Crippen molar-refractivity contribution in [2.75, 3.05) is 11.9 Å². The minimum Gasteiger partial charge on any atom is -0.478 e. The van der Waals surface area contributed by atoms with Crippen LogP contribution in [-0.4, -0.2) is 30.1 Å². The van der Waals surface area contributed by atoms with Gasteiger partial charge in [0.05, 0.1) is 6.42 Å². The molecule has 2 aromatic carbocycles. The van der Waals surface area contributed by atoms with E-state index in [0.717, 1.165) is 0 Å². The van der Waals surface area contributed by atoms with Gasteiger partial charge >= 0.3 is 6.18 Å². The predicted octanol–water partition coefficient (Wildman–Crippen LogP) is 4.36. The van der Waals surface area contributed by atoms with Crippen molar-refractivity contribution in [1.82, 2.24) is 5.32 Å². The molecule has 0 radical (unpaired) electrons. The number of rotatable bonds is 7. The highest BCUT2D eigenvalue weighted by molar-refractivity contribution is 6.30. The summed E-state index contributed by atoms with van der Waals surface area (Å²) in [6, 6.07) is 12.8. The van der Waals surface area contributed by atoms with E-state index in [4.69, 9.17) is 16.3 Å². The molecule has 2 N–H and O–H groups in total. The number of halogens is 4. The van der Waals surface area contributed by atoms with E-state index in [-0.39, 0.29) is 6.42 Å². The first-order valence-corrected chi connectivity index (χ1v) is 9.01. The molecular weight excluding hydrogens is 409 g/mol. The Bertz CT molecular complexity index is 851. The fourth-order valence-corrected chi connectivity index (χ4v) is 2.40. The molecule has 0 unspecified atom stereocenters. The number of hydrogen-bond acceptors (Lipinski definition) is 3. The van der Waals surface area contributed by atoms with Crippen LogP contribution in [0.15, 0.2) is 48.5 Å². The lowest BCUT2D eigenvalue weighted by Gasteiger charge is -2.25. The summed E-state index contributed by atoms with van der Waals surface area (Å²) < 4.78 is 42.0. The molecule has 0 saturated carbocycles. The second kappa shape index (κ2) is 9.17. The smallest absolute Gasteiger partial charge is 0.405 e. The summed E-state index contributed by atoms with van der Waals surface area (Å²) >= 11 is 5.82. The van der Waals surface area contributed by atoms with Gasteiger partial charge in [0, 0.05) is 10.7 Å². The second-order valence-corrected chi connectivity index (χ2v) is 7.22. The normalized spacial score (nSPS) is 11.7. The summed E-state index contributed by atoms with van der Waals surface area (Å²) in [5.74, 6) is -0.658. The van der Waals surface area contributed by atoms with Gasteiger partial charge in [-0.15, -0.1) is 0 Å². The number of ether oxygens (including phenoxy) is 1. The van der Waals surface area contributed by atoms with Crippen molar-refractivity contribution in [1.29, 1.82) is 0 Å². The SMILES string of the molecule is CC(C)(Oc1ccc(Cl)cc1)C(=O)Nc1ccc(CC(=O)NCC(F)(F)F)cc1. The van der Waals surface area contributed by atoms with Gasteiger partial charge in [0.15, 0.2) is 5.60 Å². The van der Waals surface area contributed by atoms with Gasteiger partial charge in [-0.1, -0.05) is 23.7 Å². The summed E-state index contributed by atoms with van der Waals surface area (Å²) in [6.45, 7) is 1.84. The minimum atomic E-state index is -4.45. The van der Waals surface area contributed by atoms with E-state index in [1.807, 2.05) is 0 Å². The largest absolute Gasteiger partial charge is 0.478 e. The quantitative estimate of drug-likeness (QED) is 0.688. The zero-order valence-electron chi connectivity index (χ0n) is 15.8. The zero-order valence-corrected chi connectivity index (χ0v) is 16.5. The average Bonchev–Trinajstić information content (AvgIpc) is 2.63. The van der Waals surface area contributed by atoms with E-state index < -0.39 is 30.1 Å². The standard InChI is InChI=1S/C20H20ClF3N2O3/c1-19(2,29-16-9-5-14(21)6-10-16)18(28)26-15-7-3-13(4-8-15)11-17(27)25-12-20(22,23)24/h3-10H,11-12H2,1-2H3,(H,25,27)(H,26,28). The average molecular weight is 429 g/mol. The molecule has 0 heterocycles. The van der Waals surface area contributed by atoms with Crippen molar-refractivity contribution in [2.45, 2.75) is 32.0 Å². The lowest BCUT2D eigenvalue weighted by atomic mass is 10.1. The molecule has 0 fully saturated rings. The number of nitrogens with one attached hydrogen (secondary N) is 2. The third kappa shape index (κ3) is 7.65. The van der Waals surface area contributed by atoms with Crippen LogP contribution in [0.25, 0.3) is 0 Å². The van der Waals surface area contributed by atoms with Gasteiger partial charge in [-0.25, -0.2) is 0 Å². The molecule has 2 rings (SSSR count). The third-order valence-corrected chi connectivity index (χ3v) is 4.05. The van der Waals surface area contributed by atoms with Crippen molar-refractivity contribution in [3.8, 4) is 5.75 Å². The first-order valence-electron chi connectivity index (χ1n) is 8.63. The van der Waals surface area contributed by atoms with E-state index in [0.29, 0.717) is 22.0 Å². The van der Waals surface area contributed by atoms with E-state index in [1.54, 1.807) is 67.7 Å². The van der Waals surface area contributed by atoms with Gasteiger partial charge < -0.3 is 15.4 Å². The van der Waals surface area contributed by atoms with Crippen molar-refractivity contribution in [3.63, 3.8) is 0 Å². The van der Waals surface area contributed by atoms with Gasteiger partial charge in [-0.05, 0) is 55.8 Å². The molecule has 0 bridgehead atoms. The topological polar surface area (TPSA) is 67.4 Å². The molecule has 0 aliphatic carbocycles. The molecule has 2 amide bonds. The summed E-state index contributed by atoms with van der Waals surface area (Å²) in [4.78, 5) is 24.1. The van der Waals surface area contributed by atoms with Crippen LogP contribution in [0.4, 0.5) is 18.9 Å². The number of benzene rings is 2. The Kier molecular flexibility index (Phi) is 7.13. The fraction of sp³-hybridized carbons (Fsp3) is 0.300. The van der Waals surface area contributed by atoms with Crippen LogP contribution in [0, 0.1) is 0 Å². The Balaban J connectivity index is 1.91. The van der Waals surface area contributed by atoms with Crippen LogP contribution in [0.3, 0.4) is 0 Å². The maximum Gasteiger partial charge on any atom is 0.405 e. The van der Waals surface area contributed by atoms with Gasteiger partial charge in [0.25, 0.3) is 5.91 Å². The van der Waals surface area contributed by atoms with Gasteiger partial charge in [0.1, 0.15) is 12.3 Å². The number of carbonyl (C=O) groups is 2. The van der Waals surface area contributed by atoms with Crippen molar-refractivity contribution < 1.29 is 27.5 Å². The number of alkyl halides is 3. The maximum atomic E-state index is 12.5. The molecule has 0 aliphatic heterocycles. The summed E-state index contributed by atoms with van der Waals surface area (Å²) in [5.41, 5.74) is -0.203. The zero-order chi connectivity index (χ0) is 21.7. The fourth-order valence-electron chi connectivity index (χ4n) is 2.28. The Labute approximate surface area is 171 Å². The Morgan fingerprint density at radius 1 is 1.00 bits per heavy atom. The van der Waals surface area contributed by atoms with Crippen LogP contribution in [-0.2, 0) is 16.0 Å². The highest BCUT2D eigenvalue weighted by atomic mass is 35.5. The molecule has 0 spiro atoms. The molecule has 0 aliphatic rings. The summed E-state index contributed by atoms with van der Waals surface area (Å²) in [5, 5.41) is 5.05. The molecule has 0 saturated heterocycles. The number of carbonyl (C=O) groups excluding carboxylic acids is 2. The van der Waals surface area contributed by atoms with Crippen LogP contribution < -0.4 is 15.4 Å². The number of anilines is 1. The lowest BCUT2D eigenvalue weighted by Crippen LogP contribution is -2.42. The monoisotopic (exact) mass is 428 g/mol. The lowest BCUT2D eigenvalue weighted by molar-refractivity contribution is -0.138. The van der Waals surface area contributed by atoms with E-state index >= 15 is 0 Å². The first kappa shape index (κ1) is 22.5. The molecule has 156 valence electrons. The van der Waals surface area contributed by atoms with Gasteiger partial charge in [0.2, 0.25) is 5.91 Å². The molecular formula is C20H20ClF3N2O3. The van der Waals surface area contributed by atoms with Crippen molar-refractivity contribution >= 4 is 29.1 Å². The third-order valence-electron chi connectivity index (χ3n) is 3.80. The molecule has 5 nitrogen and oxygen atoms in total. The highest BCUT2D eigenvalue weighted by Gasteiger charge is 2.30. The molecule has 29 heavy (non-hydrogen) atoms. The van der Waals surface area contributed by atoms with E-state index in [9.17, 15) is 22.8 Å². The molecule has 9 heteroatoms. The summed E-state index contributed by atoms with van der Waals surface area (Å²) in [7, 11) is 0. The minimum absolute atomic E-state index is 0.199. The predicted molar refractivity (Wildman–Crippen MR) is 104 cm³/mol. The van der Waals surface area contributed by atoms with Crippen LogP contribution in [0.1, 0.15) is 19.4 Å². The highest BCUT2D eigenvalue weighted by Crippen LogP contribution is 2.22. The summed E-state index contributed by atoms with van der Waals surface area (Å²) in [6.07, 6.45) is -4.65. The van der Waals surface area contributed by atoms with Crippen LogP contribution in [0.5, 0.6) is 5.75 Å². The maximum absolute atomic E-state index is 12.5. The first-order chi connectivity index (χ1) is 13.4. The van der Waals surface area contributed by atoms with Crippen molar-refractivity contribution in [2.24, 2.45) is 0 Å². The second-order valence-electron chi connectivity index (χ2n) is 6.79.